The normalized spacial score (nSPS) is 12.9. The van der Waals surface area contributed by atoms with Crippen LogP contribution in [-0.4, -0.2) is 19.0 Å². The van der Waals surface area contributed by atoms with Gasteiger partial charge < -0.3 is 9.53 Å². The summed E-state index contributed by atoms with van der Waals surface area (Å²) >= 11 is 0. The number of benzene rings is 3. The summed E-state index contributed by atoms with van der Waals surface area (Å²) in [7, 11) is -3.95. The molecule has 0 spiro atoms. The van der Waals surface area contributed by atoms with Crippen LogP contribution in [-0.2, 0) is 47.5 Å². The van der Waals surface area contributed by atoms with Gasteiger partial charge in [0.1, 0.15) is 12.4 Å². The SMILES string of the molecule is CC(C)(COP(=O)(OCc1ccccc1)OCc1ccccc1)[C@H](C=O)OCc1ccccc1. The van der Waals surface area contributed by atoms with Crippen LogP contribution in [0.3, 0.4) is 0 Å². The molecule has 0 aliphatic carbocycles. The van der Waals surface area contributed by atoms with Crippen LogP contribution in [0.1, 0.15) is 30.5 Å². The fraction of sp³-hybridized carbons (Fsp3) is 0.296. The summed E-state index contributed by atoms with van der Waals surface area (Å²) in [4.78, 5) is 11.8. The molecule has 0 heterocycles. The second-order valence-electron chi connectivity index (χ2n) is 8.58. The summed E-state index contributed by atoms with van der Waals surface area (Å²) in [5.74, 6) is 0. The Balaban J connectivity index is 1.65. The lowest BCUT2D eigenvalue weighted by atomic mass is 9.88. The fourth-order valence-corrected chi connectivity index (χ4v) is 4.43. The van der Waals surface area contributed by atoms with E-state index < -0.39 is 19.3 Å². The lowest BCUT2D eigenvalue weighted by Gasteiger charge is -2.31. The van der Waals surface area contributed by atoms with E-state index in [0.29, 0.717) is 0 Å². The van der Waals surface area contributed by atoms with Crippen molar-refractivity contribution in [3.05, 3.63) is 108 Å². The number of rotatable bonds is 14. The molecule has 0 fully saturated rings. The van der Waals surface area contributed by atoms with Gasteiger partial charge in [-0.05, 0) is 16.7 Å². The summed E-state index contributed by atoms with van der Waals surface area (Å²) in [5, 5.41) is 0. The predicted octanol–water partition coefficient (Wildman–Crippen LogP) is 6.36. The van der Waals surface area contributed by atoms with E-state index in [0.717, 1.165) is 23.0 Å². The molecule has 3 aromatic rings. The molecule has 0 aliphatic heterocycles. The zero-order chi connectivity index (χ0) is 24.3. The number of hydrogen-bond acceptors (Lipinski definition) is 6. The first-order valence-electron chi connectivity index (χ1n) is 11.1. The fourth-order valence-electron chi connectivity index (χ4n) is 3.10. The summed E-state index contributed by atoms with van der Waals surface area (Å²) in [6.45, 7) is 3.97. The highest BCUT2D eigenvalue weighted by atomic mass is 31.2. The summed E-state index contributed by atoms with van der Waals surface area (Å²) in [6.07, 6.45) is -0.0308. The van der Waals surface area contributed by atoms with Crippen molar-refractivity contribution >= 4 is 14.1 Å². The van der Waals surface area contributed by atoms with Crippen molar-refractivity contribution in [3.8, 4) is 0 Å². The van der Waals surface area contributed by atoms with Gasteiger partial charge in [0.2, 0.25) is 0 Å². The van der Waals surface area contributed by atoms with Crippen molar-refractivity contribution < 1.29 is 27.7 Å². The van der Waals surface area contributed by atoms with E-state index in [9.17, 15) is 9.36 Å². The van der Waals surface area contributed by atoms with E-state index >= 15 is 0 Å². The molecule has 0 saturated heterocycles. The first kappa shape index (κ1) is 26.0. The molecule has 0 bridgehead atoms. The van der Waals surface area contributed by atoms with E-state index in [1.54, 1.807) is 0 Å². The number of aldehydes is 1. The Morgan fingerprint density at radius 1 is 0.706 bits per heavy atom. The van der Waals surface area contributed by atoms with Crippen molar-refractivity contribution in [1.29, 1.82) is 0 Å². The van der Waals surface area contributed by atoms with Crippen LogP contribution in [0.2, 0.25) is 0 Å². The molecule has 180 valence electrons. The molecule has 0 aromatic heterocycles. The highest BCUT2D eigenvalue weighted by Gasteiger charge is 2.36. The Hall–Kier alpha value is -2.60. The molecular formula is C27H31O6P. The smallest absolute Gasteiger partial charge is 0.365 e. The van der Waals surface area contributed by atoms with Gasteiger partial charge in [-0.3, -0.25) is 13.6 Å². The van der Waals surface area contributed by atoms with E-state index in [4.69, 9.17) is 18.3 Å². The van der Waals surface area contributed by atoms with Crippen LogP contribution >= 0.6 is 7.82 Å². The number of carbonyl (C=O) groups is 1. The Bertz CT molecular complexity index is 993. The maximum Gasteiger partial charge on any atom is 0.475 e. The second kappa shape index (κ2) is 12.7. The topological polar surface area (TPSA) is 71.1 Å². The van der Waals surface area contributed by atoms with Crippen LogP contribution in [0.4, 0.5) is 0 Å². The number of hydrogen-bond donors (Lipinski definition) is 0. The molecule has 0 unspecified atom stereocenters. The van der Waals surface area contributed by atoms with Gasteiger partial charge in [-0.1, -0.05) is 105 Å². The average Bonchev–Trinajstić information content (AvgIpc) is 2.87. The first-order valence-corrected chi connectivity index (χ1v) is 12.6. The number of carbonyl (C=O) groups excluding carboxylic acids is 1. The molecule has 1 atom stereocenters. The summed E-state index contributed by atoms with van der Waals surface area (Å²) in [6, 6.07) is 28.3. The van der Waals surface area contributed by atoms with E-state index in [-0.39, 0.29) is 26.4 Å². The minimum atomic E-state index is -3.95. The van der Waals surface area contributed by atoms with Crippen molar-refractivity contribution in [3.63, 3.8) is 0 Å². The zero-order valence-corrected chi connectivity index (χ0v) is 20.4. The third-order valence-corrected chi connectivity index (χ3v) is 6.56. The molecular weight excluding hydrogens is 451 g/mol. The Labute approximate surface area is 201 Å². The van der Waals surface area contributed by atoms with Gasteiger partial charge in [-0.25, -0.2) is 4.57 Å². The average molecular weight is 483 g/mol. The van der Waals surface area contributed by atoms with Gasteiger partial charge >= 0.3 is 7.82 Å². The molecule has 3 aromatic carbocycles. The maximum absolute atomic E-state index is 13.5. The molecule has 34 heavy (non-hydrogen) atoms. The Morgan fingerprint density at radius 2 is 1.12 bits per heavy atom. The monoisotopic (exact) mass is 482 g/mol. The van der Waals surface area contributed by atoms with E-state index in [2.05, 4.69) is 0 Å². The van der Waals surface area contributed by atoms with Gasteiger partial charge in [0, 0.05) is 5.41 Å². The molecule has 0 amide bonds. The van der Waals surface area contributed by atoms with Gasteiger partial charge in [0.15, 0.2) is 0 Å². The minimum Gasteiger partial charge on any atom is -0.365 e. The highest BCUT2D eigenvalue weighted by Crippen LogP contribution is 2.52. The molecule has 7 heteroatoms. The summed E-state index contributed by atoms with van der Waals surface area (Å²) in [5.41, 5.74) is 1.85. The third-order valence-electron chi connectivity index (χ3n) is 5.23. The molecule has 0 saturated carbocycles. The van der Waals surface area contributed by atoms with Gasteiger partial charge in [-0.15, -0.1) is 0 Å². The predicted molar refractivity (Wildman–Crippen MR) is 131 cm³/mol. The lowest BCUT2D eigenvalue weighted by Crippen LogP contribution is -2.37. The van der Waals surface area contributed by atoms with Crippen molar-refractivity contribution in [2.24, 2.45) is 5.41 Å². The largest absolute Gasteiger partial charge is 0.475 e. The van der Waals surface area contributed by atoms with Gasteiger partial charge in [0.05, 0.1) is 26.4 Å². The van der Waals surface area contributed by atoms with Crippen molar-refractivity contribution in [2.75, 3.05) is 6.61 Å². The Kier molecular flexibility index (Phi) is 9.75. The number of phosphoric ester groups is 1. The van der Waals surface area contributed by atoms with Crippen LogP contribution in [0.15, 0.2) is 91.0 Å². The lowest BCUT2D eigenvalue weighted by molar-refractivity contribution is -0.129. The molecule has 0 radical (unpaired) electrons. The minimum absolute atomic E-state index is 0.0634. The summed E-state index contributed by atoms with van der Waals surface area (Å²) < 4.78 is 36.4. The molecule has 6 nitrogen and oxygen atoms in total. The zero-order valence-electron chi connectivity index (χ0n) is 19.5. The van der Waals surface area contributed by atoms with Crippen LogP contribution in [0, 0.1) is 5.41 Å². The maximum atomic E-state index is 13.5. The quantitative estimate of drug-likeness (QED) is 0.197. The van der Waals surface area contributed by atoms with Crippen LogP contribution in [0.5, 0.6) is 0 Å². The van der Waals surface area contributed by atoms with Crippen LogP contribution in [0.25, 0.3) is 0 Å². The van der Waals surface area contributed by atoms with E-state index in [1.165, 1.54) is 0 Å². The number of phosphoric acid groups is 1. The number of ether oxygens (including phenoxy) is 1. The van der Waals surface area contributed by atoms with Crippen molar-refractivity contribution in [2.45, 2.75) is 39.8 Å². The van der Waals surface area contributed by atoms with E-state index in [1.807, 2.05) is 105 Å². The Morgan fingerprint density at radius 3 is 1.53 bits per heavy atom. The second-order valence-corrected chi connectivity index (χ2v) is 10.2. The molecule has 0 N–H and O–H groups in total. The third kappa shape index (κ3) is 8.32. The molecule has 3 rings (SSSR count). The van der Waals surface area contributed by atoms with Crippen molar-refractivity contribution in [1.82, 2.24) is 0 Å². The molecule has 0 aliphatic rings. The van der Waals surface area contributed by atoms with Gasteiger partial charge in [0.25, 0.3) is 0 Å². The standard InChI is InChI=1S/C27H31O6P/c1-27(2,26(18-28)30-19-23-12-6-3-7-13-23)22-33-34(29,31-20-24-14-8-4-9-15-24)32-21-25-16-10-5-11-17-25/h3-18,26H,19-22H2,1-2H3/t26-/m0/s1. The first-order chi connectivity index (χ1) is 16.4. The highest BCUT2D eigenvalue weighted by molar-refractivity contribution is 7.48. The van der Waals surface area contributed by atoms with Gasteiger partial charge in [-0.2, -0.15) is 0 Å². The van der Waals surface area contributed by atoms with Crippen LogP contribution < -0.4 is 0 Å².